The van der Waals surface area contributed by atoms with E-state index in [1.54, 1.807) is 13.2 Å². The highest BCUT2D eigenvalue weighted by Crippen LogP contribution is 2.26. The summed E-state index contributed by atoms with van der Waals surface area (Å²) in [6.07, 6.45) is 0. The maximum absolute atomic E-state index is 5.73. The van der Waals surface area contributed by atoms with E-state index in [1.807, 2.05) is 36.4 Å². The average molecular weight is 338 g/mol. The molecule has 0 aliphatic heterocycles. The molecule has 0 fully saturated rings. The molecule has 0 atom stereocenters. The molecular weight excluding hydrogens is 322 g/mol. The second-order valence-corrected chi connectivity index (χ2v) is 4.98. The Morgan fingerprint density at radius 2 is 1.70 bits per heavy atom. The van der Waals surface area contributed by atoms with Gasteiger partial charge in [0.1, 0.15) is 19.0 Å². The van der Waals surface area contributed by atoms with E-state index in [0.717, 1.165) is 4.47 Å². The van der Waals surface area contributed by atoms with Gasteiger partial charge in [0.25, 0.3) is 0 Å². The van der Waals surface area contributed by atoms with Crippen LogP contribution in [-0.2, 0) is 0 Å². The summed E-state index contributed by atoms with van der Waals surface area (Å²) in [5.74, 6) is 2.12. The molecule has 106 valence electrons. The first kappa shape index (κ1) is 14.5. The van der Waals surface area contributed by atoms with E-state index in [-0.39, 0.29) is 0 Å². The van der Waals surface area contributed by atoms with Gasteiger partial charge in [-0.15, -0.1) is 0 Å². The zero-order valence-corrected chi connectivity index (χ0v) is 12.7. The molecule has 0 aromatic heterocycles. The summed E-state index contributed by atoms with van der Waals surface area (Å²) in [6.45, 7) is 0.848. The number of nitrogen functional groups attached to an aromatic ring is 1. The molecule has 0 aliphatic carbocycles. The number of halogens is 1. The van der Waals surface area contributed by atoms with E-state index in [9.17, 15) is 0 Å². The summed E-state index contributed by atoms with van der Waals surface area (Å²) in [6, 6.07) is 13.0. The third kappa shape index (κ3) is 4.06. The van der Waals surface area contributed by atoms with Crippen LogP contribution in [0.5, 0.6) is 17.2 Å². The SMILES string of the molecule is COc1ccccc1OCCOc1cc(N)cc(Br)c1. The van der Waals surface area contributed by atoms with Crippen molar-refractivity contribution in [3.63, 3.8) is 0 Å². The number of methoxy groups -OCH3 is 1. The van der Waals surface area contributed by atoms with Crippen LogP contribution in [0, 0.1) is 0 Å². The molecule has 20 heavy (non-hydrogen) atoms. The largest absolute Gasteiger partial charge is 0.493 e. The van der Waals surface area contributed by atoms with Crippen molar-refractivity contribution in [3.05, 3.63) is 46.9 Å². The van der Waals surface area contributed by atoms with Crippen molar-refractivity contribution in [1.29, 1.82) is 0 Å². The fraction of sp³-hybridized carbons (Fsp3) is 0.200. The smallest absolute Gasteiger partial charge is 0.161 e. The Morgan fingerprint density at radius 1 is 1.00 bits per heavy atom. The highest BCUT2D eigenvalue weighted by atomic mass is 79.9. The van der Waals surface area contributed by atoms with Gasteiger partial charge in [0.05, 0.1) is 7.11 Å². The standard InChI is InChI=1S/C15H16BrNO3/c1-18-14-4-2-3-5-15(14)20-7-6-19-13-9-11(16)8-12(17)10-13/h2-5,8-10H,6-7,17H2,1H3. The number of rotatable bonds is 6. The van der Waals surface area contributed by atoms with Crippen LogP contribution < -0.4 is 19.9 Å². The van der Waals surface area contributed by atoms with Crippen LogP contribution in [-0.4, -0.2) is 20.3 Å². The summed E-state index contributed by atoms with van der Waals surface area (Å²) >= 11 is 3.37. The molecule has 0 bridgehead atoms. The number of nitrogens with two attached hydrogens (primary N) is 1. The third-order valence-corrected chi connectivity index (χ3v) is 3.03. The predicted molar refractivity (Wildman–Crippen MR) is 82.5 cm³/mol. The highest BCUT2D eigenvalue weighted by Gasteiger charge is 2.03. The van der Waals surface area contributed by atoms with Gasteiger partial charge >= 0.3 is 0 Å². The first-order chi connectivity index (χ1) is 9.69. The maximum atomic E-state index is 5.73. The van der Waals surface area contributed by atoms with Gasteiger partial charge in [0.2, 0.25) is 0 Å². The minimum Gasteiger partial charge on any atom is -0.493 e. The monoisotopic (exact) mass is 337 g/mol. The lowest BCUT2D eigenvalue weighted by Crippen LogP contribution is -2.09. The summed E-state index contributed by atoms with van der Waals surface area (Å²) in [7, 11) is 1.61. The van der Waals surface area contributed by atoms with Crippen molar-refractivity contribution in [1.82, 2.24) is 0 Å². The van der Waals surface area contributed by atoms with Crippen LogP contribution in [0.3, 0.4) is 0 Å². The minimum atomic E-state index is 0.423. The molecule has 2 aromatic carbocycles. The van der Waals surface area contributed by atoms with Crippen LogP contribution in [0.1, 0.15) is 0 Å². The van der Waals surface area contributed by atoms with Gasteiger partial charge in [-0.3, -0.25) is 0 Å². The number of hydrogen-bond acceptors (Lipinski definition) is 4. The Bertz CT molecular complexity index is 555. The molecule has 0 saturated heterocycles. The van der Waals surface area contributed by atoms with E-state index in [2.05, 4.69) is 15.9 Å². The summed E-state index contributed by atoms with van der Waals surface area (Å²) in [4.78, 5) is 0. The van der Waals surface area contributed by atoms with Crippen LogP contribution in [0.2, 0.25) is 0 Å². The van der Waals surface area contributed by atoms with Crippen molar-refractivity contribution >= 4 is 21.6 Å². The minimum absolute atomic E-state index is 0.423. The molecule has 0 aliphatic rings. The van der Waals surface area contributed by atoms with E-state index >= 15 is 0 Å². The van der Waals surface area contributed by atoms with Crippen molar-refractivity contribution in [2.45, 2.75) is 0 Å². The average Bonchev–Trinajstić information content (AvgIpc) is 2.43. The summed E-state index contributed by atoms with van der Waals surface area (Å²) in [5, 5.41) is 0. The Balaban J connectivity index is 1.84. The van der Waals surface area contributed by atoms with E-state index in [4.69, 9.17) is 19.9 Å². The van der Waals surface area contributed by atoms with Crippen molar-refractivity contribution in [2.24, 2.45) is 0 Å². The normalized spacial score (nSPS) is 10.1. The van der Waals surface area contributed by atoms with E-state index in [1.165, 1.54) is 0 Å². The Labute approximate surface area is 126 Å². The fourth-order valence-electron chi connectivity index (χ4n) is 1.72. The zero-order chi connectivity index (χ0) is 14.4. The molecule has 0 unspecified atom stereocenters. The molecule has 2 rings (SSSR count). The van der Waals surface area contributed by atoms with Gasteiger partial charge in [-0.25, -0.2) is 0 Å². The van der Waals surface area contributed by atoms with Gasteiger partial charge < -0.3 is 19.9 Å². The maximum Gasteiger partial charge on any atom is 0.161 e. The topological polar surface area (TPSA) is 53.7 Å². The van der Waals surface area contributed by atoms with Crippen molar-refractivity contribution in [2.75, 3.05) is 26.1 Å². The number of hydrogen-bond donors (Lipinski definition) is 1. The predicted octanol–water partition coefficient (Wildman–Crippen LogP) is 3.50. The first-order valence-corrected chi connectivity index (χ1v) is 6.93. The van der Waals surface area contributed by atoms with Crippen LogP contribution in [0.25, 0.3) is 0 Å². The number of anilines is 1. The molecule has 0 spiro atoms. The van der Waals surface area contributed by atoms with Gasteiger partial charge in [0, 0.05) is 16.2 Å². The third-order valence-electron chi connectivity index (χ3n) is 2.57. The Hall–Kier alpha value is -1.88. The second-order valence-electron chi connectivity index (χ2n) is 4.07. The van der Waals surface area contributed by atoms with Gasteiger partial charge in [-0.05, 0) is 24.3 Å². The molecular formula is C15H16BrNO3. The lowest BCUT2D eigenvalue weighted by atomic mass is 10.3. The molecule has 2 aromatic rings. The van der Waals surface area contributed by atoms with Gasteiger partial charge in [-0.1, -0.05) is 28.1 Å². The van der Waals surface area contributed by atoms with Crippen LogP contribution >= 0.6 is 15.9 Å². The van der Waals surface area contributed by atoms with Gasteiger partial charge in [0.15, 0.2) is 11.5 Å². The van der Waals surface area contributed by atoms with Crippen molar-refractivity contribution in [3.8, 4) is 17.2 Å². The van der Waals surface area contributed by atoms with E-state index in [0.29, 0.717) is 36.1 Å². The number of ether oxygens (including phenoxy) is 3. The summed E-state index contributed by atoms with van der Waals surface area (Å²) in [5.41, 5.74) is 6.39. The number of benzene rings is 2. The lowest BCUT2D eigenvalue weighted by molar-refractivity contribution is 0.211. The van der Waals surface area contributed by atoms with Gasteiger partial charge in [-0.2, -0.15) is 0 Å². The first-order valence-electron chi connectivity index (χ1n) is 6.14. The quantitative estimate of drug-likeness (QED) is 0.647. The molecule has 5 heteroatoms. The molecule has 0 amide bonds. The van der Waals surface area contributed by atoms with Crippen LogP contribution in [0.15, 0.2) is 46.9 Å². The van der Waals surface area contributed by atoms with Crippen molar-refractivity contribution < 1.29 is 14.2 Å². The molecule has 4 nitrogen and oxygen atoms in total. The second kappa shape index (κ2) is 7.05. The fourth-order valence-corrected chi connectivity index (χ4v) is 2.21. The molecule has 0 heterocycles. The zero-order valence-electron chi connectivity index (χ0n) is 11.1. The van der Waals surface area contributed by atoms with Crippen LogP contribution in [0.4, 0.5) is 5.69 Å². The number of para-hydroxylation sites is 2. The Morgan fingerprint density at radius 3 is 2.40 bits per heavy atom. The Kier molecular flexibility index (Phi) is 5.12. The molecule has 0 radical (unpaired) electrons. The highest BCUT2D eigenvalue weighted by molar-refractivity contribution is 9.10. The summed E-state index contributed by atoms with van der Waals surface area (Å²) < 4.78 is 17.3. The molecule has 2 N–H and O–H groups in total. The molecule has 0 saturated carbocycles. The van der Waals surface area contributed by atoms with E-state index < -0.39 is 0 Å². The lowest BCUT2D eigenvalue weighted by Gasteiger charge is -2.11.